The lowest BCUT2D eigenvalue weighted by atomic mass is 10.0. The molecule has 1 aromatic rings. The molecule has 250 valence electrons. The number of carbonyl (C=O) groups is 6. The van der Waals surface area contributed by atoms with Crippen LogP contribution >= 0.6 is 11.8 Å². The number of primary amides is 1. The van der Waals surface area contributed by atoms with Crippen molar-refractivity contribution in [1.82, 2.24) is 26.2 Å². The first-order valence-electron chi connectivity index (χ1n) is 14.4. The molecule has 5 atom stereocenters. The SMILES string of the molecule is CC(C)SC[C@H](N)C(=O)N[C@@H](CO)C(=O)N1CCC[C@H]1C(=O)NCC(=O)N[C@@H](Cc1ccc(O)cc1)C(=O)N[C@@H](CO)C(N)=O. The number of aliphatic hydroxyl groups excluding tert-OH is 2. The molecule has 1 aromatic carbocycles. The number of thioether (sulfide) groups is 1. The Morgan fingerprint density at radius 3 is 2.16 bits per heavy atom. The van der Waals surface area contributed by atoms with Gasteiger partial charge in [-0.25, -0.2) is 0 Å². The van der Waals surface area contributed by atoms with E-state index >= 15 is 0 Å². The monoisotopic (exact) mass is 653 g/mol. The first-order valence-corrected chi connectivity index (χ1v) is 15.5. The highest BCUT2D eigenvalue weighted by molar-refractivity contribution is 7.99. The van der Waals surface area contributed by atoms with Crippen LogP contribution in [0.3, 0.4) is 0 Å². The van der Waals surface area contributed by atoms with E-state index in [1.807, 2.05) is 13.8 Å². The Balaban J connectivity index is 2.02. The number of hydrogen-bond acceptors (Lipinski definition) is 11. The number of rotatable bonds is 17. The zero-order valence-electron chi connectivity index (χ0n) is 25.2. The fourth-order valence-electron chi connectivity index (χ4n) is 4.43. The average molecular weight is 654 g/mol. The van der Waals surface area contributed by atoms with Crippen LogP contribution in [0.2, 0.25) is 0 Å². The molecule has 6 amide bonds. The predicted octanol–water partition coefficient (Wildman–Crippen LogP) is -3.56. The lowest BCUT2D eigenvalue weighted by Crippen LogP contribution is -2.58. The molecule has 0 aliphatic carbocycles. The second-order valence-corrected chi connectivity index (χ2v) is 12.4. The van der Waals surface area contributed by atoms with Crippen LogP contribution < -0.4 is 32.7 Å². The number of phenols is 1. The zero-order valence-corrected chi connectivity index (χ0v) is 26.0. The summed E-state index contributed by atoms with van der Waals surface area (Å²) in [6.07, 6.45) is 0.673. The number of aliphatic hydroxyl groups is 2. The fourth-order valence-corrected chi connectivity index (χ4v) is 5.17. The zero-order chi connectivity index (χ0) is 33.7. The quantitative estimate of drug-likeness (QED) is 0.0794. The van der Waals surface area contributed by atoms with Gasteiger partial charge in [-0.15, -0.1) is 0 Å². The van der Waals surface area contributed by atoms with E-state index in [2.05, 4.69) is 21.3 Å². The third-order valence-electron chi connectivity index (χ3n) is 6.88. The highest BCUT2D eigenvalue weighted by atomic mass is 32.2. The molecule has 0 unspecified atom stereocenters. The minimum atomic E-state index is -1.40. The Morgan fingerprint density at radius 1 is 0.956 bits per heavy atom. The van der Waals surface area contributed by atoms with Crippen molar-refractivity contribution in [3.05, 3.63) is 29.8 Å². The van der Waals surface area contributed by atoms with E-state index in [0.717, 1.165) is 0 Å². The Kier molecular flexibility index (Phi) is 15.0. The smallest absolute Gasteiger partial charge is 0.248 e. The highest BCUT2D eigenvalue weighted by Gasteiger charge is 2.38. The number of hydrogen-bond donors (Lipinski definition) is 9. The Hall–Kier alpha value is -3.93. The summed E-state index contributed by atoms with van der Waals surface area (Å²) in [5.74, 6) is -4.22. The standard InChI is InChI=1S/C28H43N7O9S/c1-15(2)45-14-18(29)25(41)34-21(13-37)28(44)35-9-3-4-22(35)27(43)31-11-23(39)32-19(10-16-5-7-17(38)8-6-16)26(42)33-20(12-36)24(30)40/h5-8,15,18-22,36-38H,3-4,9-14,29H2,1-2H3,(H2,30,40)(H,31,43)(H,32,39)(H,33,42)(H,34,41)/t18-,19-,20-,21-,22-/m0/s1. The van der Waals surface area contributed by atoms with Gasteiger partial charge in [0.1, 0.15) is 29.9 Å². The first-order chi connectivity index (χ1) is 21.3. The third-order valence-corrected chi connectivity index (χ3v) is 8.09. The van der Waals surface area contributed by atoms with Crippen molar-refractivity contribution in [3.63, 3.8) is 0 Å². The largest absolute Gasteiger partial charge is 0.508 e. The van der Waals surface area contributed by atoms with Gasteiger partial charge in [0.2, 0.25) is 35.4 Å². The van der Waals surface area contributed by atoms with Gasteiger partial charge in [-0.2, -0.15) is 11.8 Å². The number of likely N-dealkylation sites (tertiary alicyclic amines) is 1. The first kappa shape index (κ1) is 37.3. The topological polar surface area (TPSA) is 267 Å². The summed E-state index contributed by atoms with van der Waals surface area (Å²) in [7, 11) is 0. The maximum absolute atomic E-state index is 13.2. The second-order valence-electron chi connectivity index (χ2n) is 10.8. The number of nitrogens with one attached hydrogen (secondary N) is 4. The minimum Gasteiger partial charge on any atom is -0.508 e. The molecule has 0 spiro atoms. The highest BCUT2D eigenvalue weighted by Crippen LogP contribution is 2.19. The number of phenolic OH excluding ortho intramolecular Hbond substituents is 1. The molecule has 2 rings (SSSR count). The summed E-state index contributed by atoms with van der Waals surface area (Å²) < 4.78 is 0. The van der Waals surface area contributed by atoms with Crippen molar-refractivity contribution in [2.45, 2.75) is 68.6 Å². The molecule has 1 saturated heterocycles. The van der Waals surface area contributed by atoms with Crippen LogP contribution in [-0.2, 0) is 35.2 Å². The molecular weight excluding hydrogens is 610 g/mol. The molecule has 45 heavy (non-hydrogen) atoms. The Labute approximate surface area is 265 Å². The van der Waals surface area contributed by atoms with Gasteiger partial charge in [-0.1, -0.05) is 26.0 Å². The van der Waals surface area contributed by atoms with Gasteiger partial charge in [0, 0.05) is 18.7 Å². The van der Waals surface area contributed by atoms with E-state index in [9.17, 15) is 44.1 Å². The van der Waals surface area contributed by atoms with Gasteiger partial charge in [-0.3, -0.25) is 28.8 Å². The van der Waals surface area contributed by atoms with Gasteiger partial charge in [0.25, 0.3) is 0 Å². The average Bonchev–Trinajstić information content (AvgIpc) is 3.50. The van der Waals surface area contributed by atoms with E-state index in [4.69, 9.17) is 11.5 Å². The summed E-state index contributed by atoms with van der Waals surface area (Å²) in [4.78, 5) is 77.1. The van der Waals surface area contributed by atoms with Crippen molar-refractivity contribution in [1.29, 1.82) is 0 Å². The third kappa shape index (κ3) is 11.8. The van der Waals surface area contributed by atoms with Crippen molar-refractivity contribution >= 4 is 47.2 Å². The second kappa shape index (κ2) is 18.1. The molecule has 1 aliphatic rings. The molecule has 1 aliphatic heterocycles. The van der Waals surface area contributed by atoms with E-state index in [-0.39, 0.29) is 30.4 Å². The van der Waals surface area contributed by atoms with Crippen molar-refractivity contribution in [2.75, 3.05) is 32.1 Å². The van der Waals surface area contributed by atoms with Gasteiger partial charge < -0.3 is 53.0 Å². The summed E-state index contributed by atoms with van der Waals surface area (Å²) in [5, 5.41) is 38.6. The maximum Gasteiger partial charge on any atom is 0.248 e. The molecule has 1 heterocycles. The Morgan fingerprint density at radius 2 is 1.58 bits per heavy atom. The molecule has 1 fully saturated rings. The van der Waals surface area contributed by atoms with Crippen LogP contribution in [0.5, 0.6) is 5.75 Å². The number of carbonyl (C=O) groups excluding carboxylic acids is 6. The lowest BCUT2D eigenvalue weighted by molar-refractivity contribution is -0.142. The number of aromatic hydroxyl groups is 1. The molecule has 0 radical (unpaired) electrons. The van der Waals surface area contributed by atoms with Crippen LogP contribution in [0, 0.1) is 0 Å². The molecule has 0 aromatic heterocycles. The fraction of sp³-hybridized carbons (Fsp3) is 0.571. The van der Waals surface area contributed by atoms with E-state index in [0.29, 0.717) is 17.7 Å². The lowest BCUT2D eigenvalue weighted by Gasteiger charge is -2.28. The van der Waals surface area contributed by atoms with E-state index < -0.39 is 85.4 Å². The van der Waals surface area contributed by atoms with Gasteiger partial charge in [0.15, 0.2) is 0 Å². The number of benzene rings is 1. The van der Waals surface area contributed by atoms with Crippen LogP contribution in [0.25, 0.3) is 0 Å². The van der Waals surface area contributed by atoms with E-state index in [1.54, 1.807) is 0 Å². The molecular formula is C28H43N7O9S. The van der Waals surface area contributed by atoms with Crippen molar-refractivity contribution in [3.8, 4) is 5.75 Å². The Bertz CT molecular complexity index is 1200. The van der Waals surface area contributed by atoms with Crippen LogP contribution in [0.15, 0.2) is 24.3 Å². The van der Waals surface area contributed by atoms with E-state index in [1.165, 1.54) is 40.9 Å². The molecule has 17 heteroatoms. The van der Waals surface area contributed by atoms with Crippen LogP contribution in [-0.4, -0.2) is 123 Å². The normalized spacial score (nSPS) is 17.1. The van der Waals surface area contributed by atoms with Crippen LogP contribution in [0.1, 0.15) is 32.3 Å². The summed E-state index contributed by atoms with van der Waals surface area (Å²) >= 11 is 1.47. The molecule has 16 nitrogen and oxygen atoms in total. The van der Waals surface area contributed by atoms with Gasteiger partial charge in [0.05, 0.1) is 25.8 Å². The predicted molar refractivity (Wildman–Crippen MR) is 164 cm³/mol. The maximum atomic E-state index is 13.2. The van der Waals surface area contributed by atoms with Gasteiger partial charge in [-0.05, 0) is 35.8 Å². The summed E-state index contributed by atoms with van der Waals surface area (Å²) in [6, 6.07) is -0.0333. The number of nitrogens with zero attached hydrogens (tertiary/aromatic N) is 1. The number of nitrogens with two attached hydrogens (primary N) is 2. The minimum absolute atomic E-state index is 0.0167. The molecule has 11 N–H and O–H groups in total. The van der Waals surface area contributed by atoms with Crippen molar-refractivity contribution in [2.24, 2.45) is 11.5 Å². The molecule has 0 bridgehead atoms. The molecule has 0 saturated carbocycles. The summed E-state index contributed by atoms with van der Waals surface area (Å²) in [6.45, 7) is 2.04. The van der Waals surface area contributed by atoms with Crippen LogP contribution in [0.4, 0.5) is 0 Å². The van der Waals surface area contributed by atoms with Crippen molar-refractivity contribution < 1.29 is 44.1 Å². The summed E-state index contributed by atoms with van der Waals surface area (Å²) in [5.41, 5.74) is 11.6. The number of amides is 6. The van der Waals surface area contributed by atoms with Gasteiger partial charge >= 0.3 is 0 Å².